The van der Waals surface area contributed by atoms with Crippen LogP contribution in [0.3, 0.4) is 0 Å². The van der Waals surface area contributed by atoms with Crippen LogP contribution >= 0.6 is 11.8 Å². The molecule has 1 amide bonds. The fourth-order valence-electron chi connectivity index (χ4n) is 3.54. The van der Waals surface area contributed by atoms with Gasteiger partial charge in [0, 0.05) is 5.69 Å². The lowest BCUT2D eigenvalue weighted by molar-refractivity contribution is -0.115. The van der Waals surface area contributed by atoms with Crippen molar-refractivity contribution >= 4 is 34.1 Å². The number of thioether (sulfide) groups is 1. The van der Waals surface area contributed by atoms with Crippen molar-refractivity contribution in [2.45, 2.75) is 23.8 Å². The molecule has 6 nitrogen and oxygen atoms in total. The molecule has 0 radical (unpaired) electrons. The van der Waals surface area contributed by atoms with Crippen LogP contribution < -0.4 is 5.32 Å². The molecule has 0 saturated carbocycles. The maximum absolute atomic E-state index is 13.0. The number of nitrogens with one attached hydrogen (secondary N) is 2. The zero-order valence-corrected chi connectivity index (χ0v) is 18.2. The summed E-state index contributed by atoms with van der Waals surface area (Å²) < 4.78 is 11.1. The van der Waals surface area contributed by atoms with Crippen molar-refractivity contribution in [3.05, 3.63) is 79.3 Å². The molecule has 0 aliphatic carbocycles. The standard InChI is InChI=1S/C25H21N3O3S/c1-2-21(24(29)26-18-12-11-16-7-3-4-8-17(16)15-18)32-25-27-22(19-9-5-13-30-19)23(28-25)20-10-6-14-31-20/h3-15,21H,2H2,1H3,(H,26,29)(H,27,28). The largest absolute Gasteiger partial charge is 0.463 e. The Kier molecular flexibility index (Phi) is 5.56. The van der Waals surface area contributed by atoms with Crippen molar-refractivity contribution in [3.8, 4) is 22.9 Å². The second kappa shape index (κ2) is 8.80. The summed E-state index contributed by atoms with van der Waals surface area (Å²) in [6, 6.07) is 21.3. The van der Waals surface area contributed by atoms with Crippen molar-refractivity contribution < 1.29 is 13.6 Å². The van der Waals surface area contributed by atoms with Crippen molar-refractivity contribution in [2.24, 2.45) is 0 Å². The molecule has 3 heterocycles. The average molecular weight is 444 g/mol. The Labute approximate surface area is 189 Å². The van der Waals surface area contributed by atoms with E-state index in [1.807, 2.05) is 67.6 Å². The highest BCUT2D eigenvalue weighted by atomic mass is 32.2. The van der Waals surface area contributed by atoms with E-state index in [0.29, 0.717) is 28.8 Å². The molecule has 160 valence electrons. The van der Waals surface area contributed by atoms with Gasteiger partial charge in [0.05, 0.1) is 17.8 Å². The monoisotopic (exact) mass is 443 g/mol. The quantitative estimate of drug-likeness (QED) is 0.277. The SMILES string of the molecule is CCC(Sc1nc(-c2ccco2)c(-c2ccco2)[nH]1)C(=O)Nc1ccc2ccccc2c1. The molecule has 0 bridgehead atoms. The van der Waals surface area contributed by atoms with Crippen LogP contribution in [-0.4, -0.2) is 21.1 Å². The molecule has 1 unspecified atom stereocenters. The van der Waals surface area contributed by atoms with Gasteiger partial charge in [0.2, 0.25) is 5.91 Å². The lowest BCUT2D eigenvalue weighted by atomic mass is 10.1. The smallest absolute Gasteiger partial charge is 0.237 e. The first-order valence-electron chi connectivity index (χ1n) is 10.4. The number of aromatic nitrogens is 2. The van der Waals surface area contributed by atoms with Crippen LogP contribution in [0.5, 0.6) is 0 Å². The van der Waals surface area contributed by atoms with E-state index in [-0.39, 0.29) is 11.2 Å². The molecule has 0 fully saturated rings. The van der Waals surface area contributed by atoms with Crippen LogP contribution in [-0.2, 0) is 4.79 Å². The minimum absolute atomic E-state index is 0.0664. The third-order valence-corrected chi connectivity index (χ3v) is 6.39. The van der Waals surface area contributed by atoms with Crippen LogP contribution in [0.1, 0.15) is 13.3 Å². The number of benzene rings is 2. The number of nitrogens with zero attached hydrogens (tertiary/aromatic N) is 1. The van der Waals surface area contributed by atoms with Gasteiger partial charge in [0.1, 0.15) is 11.4 Å². The van der Waals surface area contributed by atoms with Crippen LogP contribution in [0.4, 0.5) is 5.69 Å². The zero-order chi connectivity index (χ0) is 21.9. The Balaban J connectivity index is 1.38. The number of anilines is 1. The number of amides is 1. The first-order chi connectivity index (χ1) is 15.7. The molecule has 0 aliphatic rings. The number of H-pyrrole nitrogens is 1. The number of carbonyl (C=O) groups excluding carboxylic acids is 1. The summed E-state index contributed by atoms with van der Waals surface area (Å²) in [4.78, 5) is 21.0. The number of imidazole rings is 1. The maximum atomic E-state index is 13.0. The predicted molar refractivity (Wildman–Crippen MR) is 127 cm³/mol. The van der Waals surface area contributed by atoms with E-state index >= 15 is 0 Å². The summed E-state index contributed by atoms with van der Waals surface area (Å²) in [5.74, 6) is 1.22. The van der Waals surface area contributed by atoms with Crippen LogP contribution in [0.15, 0.2) is 93.2 Å². The molecular weight excluding hydrogens is 422 g/mol. The molecule has 5 rings (SSSR count). The molecule has 3 aromatic heterocycles. The molecule has 2 N–H and O–H groups in total. The van der Waals surface area contributed by atoms with Crippen molar-refractivity contribution in [3.63, 3.8) is 0 Å². The van der Waals surface area contributed by atoms with E-state index in [1.54, 1.807) is 12.5 Å². The van der Waals surface area contributed by atoms with Gasteiger partial charge in [-0.05, 0) is 53.6 Å². The van der Waals surface area contributed by atoms with Crippen LogP contribution in [0.2, 0.25) is 0 Å². The number of furan rings is 2. The van der Waals surface area contributed by atoms with Gasteiger partial charge in [-0.15, -0.1) is 0 Å². The molecule has 2 aromatic carbocycles. The first-order valence-corrected chi connectivity index (χ1v) is 11.2. The Morgan fingerprint density at radius 1 is 1.00 bits per heavy atom. The Hall–Kier alpha value is -3.71. The van der Waals surface area contributed by atoms with E-state index in [4.69, 9.17) is 13.8 Å². The summed E-state index contributed by atoms with van der Waals surface area (Å²) in [6.45, 7) is 1.99. The summed E-state index contributed by atoms with van der Waals surface area (Å²) in [6.07, 6.45) is 3.87. The number of aromatic amines is 1. The number of hydrogen-bond donors (Lipinski definition) is 2. The molecule has 0 spiro atoms. The first kappa shape index (κ1) is 20.2. The second-order valence-corrected chi connectivity index (χ2v) is 8.48. The summed E-state index contributed by atoms with van der Waals surface area (Å²) in [5.41, 5.74) is 2.15. The van der Waals surface area contributed by atoms with Gasteiger partial charge in [-0.3, -0.25) is 4.79 Å². The summed E-state index contributed by atoms with van der Waals surface area (Å²) in [5, 5.41) is 5.58. The fraction of sp³-hybridized carbons (Fsp3) is 0.120. The molecule has 5 aromatic rings. The van der Waals surface area contributed by atoms with E-state index in [9.17, 15) is 4.79 Å². The molecule has 1 atom stereocenters. The third kappa shape index (κ3) is 4.07. The van der Waals surface area contributed by atoms with Gasteiger partial charge in [-0.2, -0.15) is 0 Å². The predicted octanol–water partition coefficient (Wildman–Crippen LogP) is 6.59. The fourth-order valence-corrected chi connectivity index (χ4v) is 4.45. The minimum atomic E-state index is -0.318. The highest BCUT2D eigenvalue weighted by molar-refractivity contribution is 8.00. The van der Waals surface area contributed by atoms with Gasteiger partial charge in [-0.1, -0.05) is 49.0 Å². The van der Waals surface area contributed by atoms with E-state index in [0.717, 1.165) is 22.2 Å². The molecule has 0 aliphatic heterocycles. The number of fused-ring (bicyclic) bond motifs is 1. The number of carbonyl (C=O) groups is 1. The van der Waals surface area contributed by atoms with Gasteiger partial charge >= 0.3 is 0 Å². The van der Waals surface area contributed by atoms with Crippen molar-refractivity contribution in [1.29, 1.82) is 0 Å². The van der Waals surface area contributed by atoms with E-state index in [1.165, 1.54) is 11.8 Å². The van der Waals surface area contributed by atoms with Crippen LogP contribution in [0, 0.1) is 0 Å². The number of hydrogen-bond acceptors (Lipinski definition) is 5. The summed E-state index contributed by atoms with van der Waals surface area (Å²) in [7, 11) is 0. The van der Waals surface area contributed by atoms with E-state index < -0.39 is 0 Å². The van der Waals surface area contributed by atoms with Crippen LogP contribution in [0.25, 0.3) is 33.7 Å². The van der Waals surface area contributed by atoms with Gasteiger partial charge < -0.3 is 19.1 Å². The zero-order valence-electron chi connectivity index (χ0n) is 17.4. The van der Waals surface area contributed by atoms with Crippen molar-refractivity contribution in [1.82, 2.24) is 9.97 Å². The second-order valence-electron chi connectivity index (χ2n) is 7.29. The molecule has 0 saturated heterocycles. The topological polar surface area (TPSA) is 84.1 Å². The summed E-state index contributed by atoms with van der Waals surface area (Å²) >= 11 is 1.39. The van der Waals surface area contributed by atoms with Gasteiger partial charge in [0.15, 0.2) is 16.7 Å². The lowest BCUT2D eigenvalue weighted by Gasteiger charge is -2.13. The van der Waals surface area contributed by atoms with Crippen molar-refractivity contribution in [2.75, 3.05) is 5.32 Å². The minimum Gasteiger partial charge on any atom is -0.463 e. The normalized spacial score (nSPS) is 12.2. The number of rotatable bonds is 7. The Morgan fingerprint density at radius 3 is 2.47 bits per heavy atom. The highest BCUT2D eigenvalue weighted by Crippen LogP contribution is 2.35. The molecular formula is C25H21N3O3S. The molecule has 7 heteroatoms. The van der Waals surface area contributed by atoms with Gasteiger partial charge in [0.25, 0.3) is 0 Å². The Bertz CT molecular complexity index is 1290. The Morgan fingerprint density at radius 2 is 1.75 bits per heavy atom. The maximum Gasteiger partial charge on any atom is 0.237 e. The lowest BCUT2D eigenvalue weighted by Crippen LogP contribution is -2.24. The van der Waals surface area contributed by atoms with Gasteiger partial charge in [-0.25, -0.2) is 4.98 Å². The molecule has 32 heavy (non-hydrogen) atoms. The van der Waals surface area contributed by atoms with E-state index in [2.05, 4.69) is 16.4 Å². The average Bonchev–Trinajstić information content (AvgIpc) is 3.58. The highest BCUT2D eigenvalue weighted by Gasteiger charge is 2.23. The third-order valence-electron chi connectivity index (χ3n) is 5.14.